The Balaban J connectivity index is 4.10. The quantitative estimate of drug-likeness (QED) is 0.0455. The Bertz CT molecular complexity index is 782. The molecule has 0 amide bonds. The fourth-order valence-electron chi connectivity index (χ4n) is 2.89. The highest BCUT2D eigenvalue weighted by atomic mass is 31.2. The molecule has 2 atom stereocenters. The summed E-state index contributed by atoms with van der Waals surface area (Å²) in [6, 6.07) is 0. The van der Waals surface area contributed by atoms with Gasteiger partial charge in [-0.2, -0.15) is 0 Å². The van der Waals surface area contributed by atoms with Crippen molar-refractivity contribution in [2.45, 2.75) is 64.4 Å². The molecule has 0 aromatic heterocycles. The molecule has 0 aliphatic carbocycles. The van der Waals surface area contributed by atoms with Crippen molar-refractivity contribution in [2.75, 3.05) is 47.5 Å². The van der Waals surface area contributed by atoms with Gasteiger partial charge in [-0.3, -0.25) is 9.05 Å². The topological polar surface area (TPSA) is 102 Å². The highest BCUT2D eigenvalue weighted by Gasteiger charge is 2.25. The van der Waals surface area contributed by atoms with Crippen LogP contribution in [0, 0.1) is 0 Å². The number of quaternary nitrogens is 1. The van der Waals surface area contributed by atoms with Gasteiger partial charge in [0.1, 0.15) is 19.3 Å². The summed E-state index contributed by atoms with van der Waals surface area (Å²) in [5, 5.41) is 9.34. The zero-order valence-corrected chi connectivity index (χ0v) is 24.1. The van der Waals surface area contributed by atoms with Crippen molar-refractivity contribution in [2.24, 2.45) is 0 Å². The van der Waals surface area contributed by atoms with Gasteiger partial charge in [0.05, 0.1) is 34.4 Å². The lowest BCUT2D eigenvalue weighted by Gasteiger charge is -2.24. The van der Waals surface area contributed by atoms with E-state index >= 15 is 0 Å². The zero-order valence-electron chi connectivity index (χ0n) is 23.2. The number of hydrogen-bond donors (Lipinski definition) is 2. The Labute approximate surface area is 224 Å². The van der Waals surface area contributed by atoms with Crippen molar-refractivity contribution < 1.29 is 37.6 Å². The van der Waals surface area contributed by atoms with Gasteiger partial charge in [0.25, 0.3) is 0 Å². The van der Waals surface area contributed by atoms with Crippen LogP contribution in [0.5, 0.6) is 0 Å². The predicted octanol–water partition coefficient (Wildman–Crippen LogP) is 5.65. The summed E-state index contributed by atoms with van der Waals surface area (Å²) < 4.78 is 27.2. The first kappa shape index (κ1) is 35.2. The molecule has 37 heavy (non-hydrogen) atoms. The average molecular weight is 543 g/mol. The Morgan fingerprint density at radius 3 is 2.03 bits per heavy atom. The number of ether oxygens (including phenoxy) is 1. The fraction of sp³-hybridized carbons (Fsp3) is 0.607. The van der Waals surface area contributed by atoms with E-state index in [0.29, 0.717) is 11.0 Å². The molecule has 212 valence electrons. The number of aliphatic hydroxyl groups is 1. The van der Waals surface area contributed by atoms with E-state index in [2.05, 4.69) is 19.1 Å². The van der Waals surface area contributed by atoms with Crippen LogP contribution in [-0.4, -0.2) is 74.1 Å². The molecule has 0 saturated heterocycles. The molecular formula is C28H49NO7P+. The molecule has 9 heteroatoms. The fourth-order valence-corrected chi connectivity index (χ4v) is 3.63. The number of esters is 1. The van der Waals surface area contributed by atoms with Crippen LogP contribution in [0.15, 0.2) is 60.8 Å². The van der Waals surface area contributed by atoms with Crippen molar-refractivity contribution in [3.05, 3.63) is 60.8 Å². The minimum absolute atomic E-state index is 0.0240. The molecule has 8 nitrogen and oxygen atoms in total. The van der Waals surface area contributed by atoms with Gasteiger partial charge in [-0.25, -0.2) is 9.36 Å². The first-order valence-electron chi connectivity index (χ1n) is 13.2. The summed E-state index contributed by atoms with van der Waals surface area (Å²) in [4.78, 5) is 21.6. The Kier molecular flexibility index (Phi) is 21.1. The molecule has 0 aliphatic heterocycles. The number of phosphoric ester groups is 1. The van der Waals surface area contributed by atoms with Gasteiger partial charge in [-0.1, -0.05) is 100 Å². The SMILES string of the molecule is CCCCCCCCCC=CC=CC=CC=CC=CC(=O)O[C@H](CO)COP(=O)(O)OCC[N+](C)(C)C. The number of carbonyl (C=O) groups excluding carboxylic acids is 1. The van der Waals surface area contributed by atoms with Gasteiger partial charge in [0.15, 0.2) is 0 Å². The molecular weight excluding hydrogens is 493 g/mol. The molecule has 0 aliphatic rings. The first-order valence-corrected chi connectivity index (χ1v) is 14.7. The number of rotatable bonds is 22. The standard InChI is InChI=1S/C28H48NO7P/c1-5-6-7-8-9-10-11-12-13-14-15-16-17-18-19-20-21-22-28(31)36-27(25-30)26-35-37(32,33)34-24-23-29(2,3)4/h13-22,27,30H,5-12,23-26H2,1-4H3/p+1/t27-/m1/s1. The molecule has 0 spiro atoms. The van der Waals surface area contributed by atoms with Gasteiger partial charge < -0.3 is 19.2 Å². The lowest BCUT2D eigenvalue weighted by Crippen LogP contribution is -2.37. The van der Waals surface area contributed by atoms with Crippen molar-refractivity contribution >= 4 is 13.8 Å². The van der Waals surface area contributed by atoms with Gasteiger partial charge >= 0.3 is 13.8 Å². The number of aliphatic hydroxyl groups excluding tert-OH is 1. The van der Waals surface area contributed by atoms with E-state index in [1.807, 2.05) is 45.4 Å². The molecule has 0 bridgehead atoms. The van der Waals surface area contributed by atoms with Crippen molar-refractivity contribution in [1.82, 2.24) is 0 Å². The normalized spacial score (nSPS) is 15.5. The van der Waals surface area contributed by atoms with E-state index in [0.717, 1.165) is 6.42 Å². The second kappa shape index (κ2) is 22.2. The summed E-state index contributed by atoms with van der Waals surface area (Å²) in [5.74, 6) is -0.707. The maximum Gasteiger partial charge on any atom is 0.472 e. The van der Waals surface area contributed by atoms with Gasteiger partial charge in [-0.15, -0.1) is 0 Å². The molecule has 0 rings (SSSR count). The number of allylic oxidation sites excluding steroid dienone is 9. The van der Waals surface area contributed by atoms with E-state index in [9.17, 15) is 19.4 Å². The van der Waals surface area contributed by atoms with Gasteiger partial charge in [-0.05, 0) is 12.8 Å². The van der Waals surface area contributed by atoms with Crippen molar-refractivity contribution in [1.29, 1.82) is 0 Å². The molecule has 0 heterocycles. The van der Waals surface area contributed by atoms with Gasteiger partial charge in [0, 0.05) is 6.08 Å². The van der Waals surface area contributed by atoms with Crippen LogP contribution in [0.25, 0.3) is 0 Å². The van der Waals surface area contributed by atoms with E-state index in [4.69, 9.17) is 13.8 Å². The summed E-state index contributed by atoms with van der Waals surface area (Å²) in [6.07, 6.45) is 27.2. The summed E-state index contributed by atoms with van der Waals surface area (Å²) in [7, 11) is 1.45. The van der Waals surface area contributed by atoms with E-state index < -0.39 is 33.1 Å². The molecule has 0 fully saturated rings. The van der Waals surface area contributed by atoms with Crippen LogP contribution >= 0.6 is 7.82 Å². The second-order valence-electron chi connectivity index (χ2n) is 9.70. The van der Waals surface area contributed by atoms with E-state index in [1.54, 1.807) is 12.2 Å². The van der Waals surface area contributed by atoms with Crippen LogP contribution in [0.3, 0.4) is 0 Å². The maximum atomic E-state index is 11.9. The smallest absolute Gasteiger partial charge is 0.454 e. The van der Waals surface area contributed by atoms with Crippen molar-refractivity contribution in [3.63, 3.8) is 0 Å². The van der Waals surface area contributed by atoms with E-state index in [1.165, 1.54) is 57.1 Å². The number of carbonyl (C=O) groups is 1. The van der Waals surface area contributed by atoms with Crippen LogP contribution in [0.2, 0.25) is 0 Å². The van der Waals surface area contributed by atoms with Crippen molar-refractivity contribution in [3.8, 4) is 0 Å². The average Bonchev–Trinajstić information content (AvgIpc) is 2.82. The minimum Gasteiger partial charge on any atom is -0.454 e. The van der Waals surface area contributed by atoms with Crippen LogP contribution in [-0.2, 0) is 23.1 Å². The predicted molar refractivity (Wildman–Crippen MR) is 150 cm³/mol. The lowest BCUT2D eigenvalue weighted by molar-refractivity contribution is -0.870. The molecule has 2 N–H and O–H groups in total. The monoisotopic (exact) mass is 542 g/mol. The van der Waals surface area contributed by atoms with Crippen LogP contribution in [0.1, 0.15) is 58.3 Å². The Morgan fingerprint density at radius 2 is 1.43 bits per heavy atom. The molecule has 0 aromatic carbocycles. The zero-order chi connectivity index (χ0) is 27.8. The summed E-state index contributed by atoms with van der Waals surface area (Å²) in [5.41, 5.74) is 0. The molecule has 0 saturated carbocycles. The third kappa shape index (κ3) is 25.6. The number of nitrogens with zero attached hydrogens (tertiary/aromatic N) is 1. The van der Waals surface area contributed by atoms with E-state index in [-0.39, 0.29) is 6.61 Å². The number of hydrogen-bond acceptors (Lipinski definition) is 6. The Hall–Kier alpha value is -1.80. The third-order valence-corrected chi connectivity index (χ3v) is 6.03. The molecule has 0 aromatic rings. The van der Waals surface area contributed by atoms with Gasteiger partial charge in [0.2, 0.25) is 0 Å². The highest BCUT2D eigenvalue weighted by Crippen LogP contribution is 2.43. The number of likely N-dealkylation sites (N-methyl/N-ethyl adjacent to an activating group) is 1. The highest BCUT2D eigenvalue weighted by molar-refractivity contribution is 7.47. The second-order valence-corrected chi connectivity index (χ2v) is 11.2. The molecule has 0 radical (unpaired) electrons. The van der Waals surface area contributed by atoms with Crippen LogP contribution in [0.4, 0.5) is 0 Å². The Morgan fingerprint density at radius 1 is 0.865 bits per heavy atom. The summed E-state index contributed by atoms with van der Waals surface area (Å²) in [6.45, 7) is 1.74. The first-order chi connectivity index (χ1) is 17.6. The van der Waals surface area contributed by atoms with Crippen LogP contribution < -0.4 is 0 Å². The largest absolute Gasteiger partial charge is 0.472 e. The lowest BCUT2D eigenvalue weighted by atomic mass is 10.1. The number of unbranched alkanes of at least 4 members (excludes halogenated alkanes) is 7. The third-order valence-electron chi connectivity index (χ3n) is 5.05. The number of phosphoric acid groups is 1. The maximum absolute atomic E-state index is 11.9. The molecule has 1 unspecified atom stereocenters. The summed E-state index contributed by atoms with van der Waals surface area (Å²) >= 11 is 0. The minimum atomic E-state index is -4.30.